The molecule has 0 atom stereocenters. The predicted molar refractivity (Wildman–Crippen MR) is 76.9 cm³/mol. The van der Waals surface area contributed by atoms with Crippen LogP contribution in [0.5, 0.6) is 0 Å². The van der Waals surface area contributed by atoms with Gasteiger partial charge in [-0.3, -0.25) is 9.48 Å². The van der Waals surface area contributed by atoms with Gasteiger partial charge in [0.25, 0.3) is 5.91 Å². The fraction of sp³-hybridized carbons (Fsp3) is 0.133. The molecule has 0 spiro atoms. The van der Waals surface area contributed by atoms with Crippen molar-refractivity contribution in [3.8, 4) is 0 Å². The Morgan fingerprint density at radius 3 is 2.82 bits per heavy atom. The Morgan fingerprint density at radius 2 is 2.14 bits per heavy atom. The van der Waals surface area contributed by atoms with E-state index in [0.717, 1.165) is 5.56 Å². The molecule has 0 radical (unpaired) electrons. The molecule has 0 aliphatic carbocycles. The number of carbonyl (C=O) groups excluding carboxylic acids is 1. The second kappa shape index (κ2) is 5.80. The van der Waals surface area contributed by atoms with Crippen molar-refractivity contribution in [2.45, 2.75) is 13.5 Å². The first-order chi connectivity index (χ1) is 10.6. The van der Waals surface area contributed by atoms with Crippen molar-refractivity contribution in [2.75, 3.05) is 5.32 Å². The van der Waals surface area contributed by atoms with E-state index in [1.165, 1.54) is 18.3 Å². The lowest BCUT2D eigenvalue weighted by molar-refractivity contribution is 0.101. The highest BCUT2D eigenvalue weighted by Crippen LogP contribution is 2.11. The van der Waals surface area contributed by atoms with E-state index in [-0.39, 0.29) is 17.4 Å². The van der Waals surface area contributed by atoms with E-state index >= 15 is 0 Å². The van der Waals surface area contributed by atoms with Crippen LogP contribution in [0.25, 0.3) is 0 Å². The Kier molecular flexibility index (Phi) is 3.69. The topological polar surface area (TPSA) is 73.0 Å². The third-order valence-corrected chi connectivity index (χ3v) is 3.01. The summed E-state index contributed by atoms with van der Waals surface area (Å²) in [6.07, 6.45) is 3.22. The lowest BCUT2D eigenvalue weighted by atomic mass is 10.2. The van der Waals surface area contributed by atoms with Crippen LogP contribution in [0.1, 0.15) is 21.8 Å². The molecule has 2 aromatic heterocycles. The molecule has 0 aliphatic heterocycles. The zero-order chi connectivity index (χ0) is 15.5. The van der Waals surface area contributed by atoms with Gasteiger partial charge in [-0.15, -0.1) is 0 Å². The van der Waals surface area contributed by atoms with Crippen molar-refractivity contribution in [2.24, 2.45) is 0 Å². The van der Waals surface area contributed by atoms with Gasteiger partial charge in [0.05, 0.1) is 18.4 Å². The van der Waals surface area contributed by atoms with E-state index in [4.69, 9.17) is 4.52 Å². The summed E-state index contributed by atoms with van der Waals surface area (Å²) in [4.78, 5) is 11.9. The molecule has 0 unspecified atom stereocenters. The summed E-state index contributed by atoms with van der Waals surface area (Å²) >= 11 is 0. The zero-order valence-electron chi connectivity index (χ0n) is 11.8. The molecule has 0 fully saturated rings. The lowest BCUT2D eigenvalue weighted by Crippen LogP contribution is -2.11. The first-order valence-electron chi connectivity index (χ1n) is 6.62. The molecular formula is C15H13FN4O2. The summed E-state index contributed by atoms with van der Waals surface area (Å²) in [5.41, 5.74) is 1.67. The normalized spacial score (nSPS) is 10.6. The zero-order valence-corrected chi connectivity index (χ0v) is 11.8. The number of halogens is 1. The number of rotatable bonds is 4. The van der Waals surface area contributed by atoms with Crippen LogP contribution in [0.3, 0.4) is 0 Å². The van der Waals surface area contributed by atoms with Gasteiger partial charge in [-0.25, -0.2) is 4.39 Å². The SMILES string of the molecule is Cc1cc(C(=O)Nc2cnn(Cc3ccc(F)cc3)c2)no1. The minimum atomic E-state index is -0.363. The average Bonchev–Trinajstić information content (AvgIpc) is 3.11. The summed E-state index contributed by atoms with van der Waals surface area (Å²) in [6, 6.07) is 7.72. The van der Waals surface area contributed by atoms with E-state index < -0.39 is 0 Å². The minimum Gasteiger partial charge on any atom is -0.361 e. The van der Waals surface area contributed by atoms with Crippen LogP contribution < -0.4 is 5.32 Å². The molecule has 0 saturated heterocycles. The first kappa shape index (κ1) is 14.0. The van der Waals surface area contributed by atoms with Crippen LogP contribution in [0, 0.1) is 12.7 Å². The number of aryl methyl sites for hydroxylation is 1. The van der Waals surface area contributed by atoms with Gasteiger partial charge in [-0.2, -0.15) is 5.10 Å². The molecule has 22 heavy (non-hydrogen) atoms. The maximum absolute atomic E-state index is 12.9. The molecule has 0 aliphatic rings. The molecular weight excluding hydrogens is 287 g/mol. The van der Waals surface area contributed by atoms with Crippen LogP contribution in [0.4, 0.5) is 10.1 Å². The van der Waals surface area contributed by atoms with Gasteiger partial charge < -0.3 is 9.84 Å². The Bertz CT molecular complexity index is 792. The Morgan fingerprint density at radius 1 is 1.36 bits per heavy atom. The molecule has 2 heterocycles. The third-order valence-electron chi connectivity index (χ3n) is 3.01. The van der Waals surface area contributed by atoms with Crippen LogP contribution in [-0.4, -0.2) is 20.8 Å². The Balaban J connectivity index is 1.66. The highest BCUT2D eigenvalue weighted by atomic mass is 19.1. The molecule has 0 bridgehead atoms. The molecule has 0 saturated carbocycles. The molecule has 7 heteroatoms. The number of nitrogens with one attached hydrogen (secondary N) is 1. The highest BCUT2D eigenvalue weighted by molar-refractivity contribution is 6.02. The summed E-state index contributed by atoms with van der Waals surface area (Å²) in [7, 11) is 0. The van der Waals surface area contributed by atoms with E-state index in [0.29, 0.717) is 18.0 Å². The van der Waals surface area contributed by atoms with Gasteiger partial charge in [-0.05, 0) is 24.6 Å². The number of benzene rings is 1. The lowest BCUT2D eigenvalue weighted by Gasteiger charge is -2.01. The van der Waals surface area contributed by atoms with Crippen molar-refractivity contribution in [3.63, 3.8) is 0 Å². The summed E-state index contributed by atoms with van der Waals surface area (Å²) in [5.74, 6) is -0.0737. The Hall–Kier alpha value is -2.96. The fourth-order valence-electron chi connectivity index (χ4n) is 1.96. The standard InChI is InChI=1S/C15H13FN4O2/c1-10-6-14(19-22-10)15(21)18-13-7-17-20(9-13)8-11-2-4-12(16)5-3-11/h2-7,9H,8H2,1H3,(H,18,21). The summed E-state index contributed by atoms with van der Waals surface area (Å²) < 4.78 is 19.4. The number of nitrogens with zero attached hydrogens (tertiary/aromatic N) is 3. The van der Waals surface area contributed by atoms with E-state index in [9.17, 15) is 9.18 Å². The van der Waals surface area contributed by atoms with Crippen LogP contribution in [0.2, 0.25) is 0 Å². The van der Waals surface area contributed by atoms with Crippen LogP contribution in [0.15, 0.2) is 47.2 Å². The molecule has 3 rings (SSSR count). The quantitative estimate of drug-likeness (QED) is 0.804. The monoisotopic (exact) mass is 300 g/mol. The number of hydrogen-bond acceptors (Lipinski definition) is 4. The number of aromatic nitrogens is 3. The van der Waals surface area contributed by atoms with Crippen LogP contribution >= 0.6 is 0 Å². The second-order valence-electron chi connectivity index (χ2n) is 4.83. The highest BCUT2D eigenvalue weighted by Gasteiger charge is 2.12. The molecule has 1 aromatic carbocycles. The number of anilines is 1. The number of amides is 1. The maximum atomic E-state index is 12.9. The molecule has 6 nitrogen and oxygen atoms in total. The van der Waals surface area contributed by atoms with Crippen molar-refractivity contribution >= 4 is 11.6 Å². The van der Waals surface area contributed by atoms with Gasteiger partial charge >= 0.3 is 0 Å². The molecule has 112 valence electrons. The van der Waals surface area contributed by atoms with Gasteiger partial charge in [0.15, 0.2) is 5.69 Å². The molecule has 3 aromatic rings. The fourth-order valence-corrected chi connectivity index (χ4v) is 1.96. The van der Waals surface area contributed by atoms with Gasteiger partial charge in [0, 0.05) is 12.3 Å². The molecule has 1 amide bonds. The van der Waals surface area contributed by atoms with Gasteiger partial charge in [0.1, 0.15) is 11.6 Å². The molecule has 1 N–H and O–H groups in total. The Labute approximate surface area is 125 Å². The maximum Gasteiger partial charge on any atom is 0.277 e. The predicted octanol–water partition coefficient (Wildman–Crippen LogP) is 2.62. The summed E-state index contributed by atoms with van der Waals surface area (Å²) in [5, 5.41) is 10.5. The average molecular weight is 300 g/mol. The van der Waals surface area contributed by atoms with Gasteiger partial charge in [0.2, 0.25) is 0 Å². The van der Waals surface area contributed by atoms with Gasteiger partial charge in [-0.1, -0.05) is 17.3 Å². The van der Waals surface area contributed by atoms with Crippen molar-refractivity contribution in [3.05, 3.63) is 65.6 Å². The number of hydrogen-bond donors (Lipinski definition) is 1. The van der Waals surface area contributed by atoms with Crippen LogP contribution in [-0.2, 0) is 6.54 Å². The number of carbonyl (C=O) groups is 1. The van der Waals surface area contributed by atoms with E-state index in [1.54, 1.807) is 36.0 Å². The second-order valence-corrected chi connectivity index (χ2v) is 4.83. The van der Waals surface area contributed by atoms with Crippen molar-refractivity contribution < 1.29 is 13.7 Å². The van der Waals surface area contributed by atoms with Crippen molar-refractivity contribution in [1.82, 2.24) is 14.9 Å². The smallest absolute Gasteiger partial charge is 0.277 e. The van der Waals surface area contributed by atoms with E-state index in [2.05, 4.69) is 15.6 Å². The van der Waals surface area contributed by atoms with Crippen molar-refractivity contribution in [1.29, 1.82) is 0 Å². The largest absolute Gasteiger partial charge is 0.361 e. The minimum absolute atomic E-state index is 0.212. The summed E-state index contributed by atoms with van der Waals surface area (Å²) in [6.45, 7) is 2.20. The third kappa shape index (κ3) is 3.20. The first-order valence-corrected chi connectivity index (χ1v) is 6.62. The van der Waals surface area contributed by atoms with E-state index in [1.807, 2.05) is 0 Å².